The molecule has 0 radical (unpaired) electrons. The van der Waals surface area contributed by atoms with Gasteiger partial charge in [-0.25, -0.2) is 4.68 Å². The van der Waals surface area contributed by atoms with Crippen molar-refractivity contribution >= 4 is 0 Å². The highest BCUT2D eigenvalue weighted by atomic mass is 16.1. The van der Waals surface area contributed by atoms with Gasteiger partial charge < -0.3 is 0 Å². The summed E-state index contributed by atoms with van der Waals surface area (Å²) >= 11 is 0. The summed E-state index contributed by atoms with van der Waals surface area (Å²) in [4.78, 5) is 11.4. The van der Waals surface area contributed by atoms with Crippen LogP contribution < -0.4 is 5.56 Å². The van der Waals surface area contributed by atoms with Crippen molar-refractivity contribution in [2.45, 2.75) is 13.5 Å². The summed E-state index contributed by atoms with van der Waals surface area (Å²) in [5, 5.41) is 12.7. The van der Waals surface area contributed by atoms with Crippen LogP contribution in [0.1, 0.15) is 5.56 Å². The number of aromatic nitrogens is 2. The summed E-state index contributed by atoms with van der Waals surface area (Å²) in [6, 6.07) is 12.9. The fraction of sp³-hybridized carbons (Fsp3) is 0.154. The summed E-state index contributed by atoms with van der Waals surface area (Å²) in [6.45, 7) is 1.98. The molecule has 0 fully saturated rings. The molecule has 1 aromatic heterocycles. The number of rotatable bonds is 2. The first-order valence-electron chi connectivity index (χ1n) is 5.23. The van der Waals surface area contributed by atoms with Gasteiger partial charge in [-0.1, -0.05) is 29.8 Å². The molecule has 84 valence electrons. The standard InChI is InChI=1S/C13H11N3O/c1-10-2-4-11(5-3-10)12-6-7-13(17)16(15-12)9-8-14/h2-7H,9H2,1H3. The third kappa shape index (κ3) is 2.40. The first kappa shape index (κ1) is 11.1. The first-order chi connectivity index (χ1) is 8.20. The monoisotopic (exact) mass is 225 g/mol. The van der Waals surface area contributed by atoms with Crippen LogP contribution in [0, 0.1) is 18.3 Å². The Bertz CT molecular complexity index is 620. The minimum Gasteiger partial charge on any atom is -0.268 e. The molecule has 4 heteroatoms. The number of benzene rings is 1. The van der Waals surface area contributed by atoms with E-state index in [-0.39, 0.29) is 12.1 Å². The van der Waals surface area contributed by atoms with Crippen molar-refractivity contribution in [3.63, 3.8) is 0 Å². The molecule has 0 aliphatic heterocycles. The van der Waals surface area contributed by atoms with Crippen molar-refractivity contribution in [3.05, 3.63) is 52.3 Å². The molecule has 0 saturated heterocycles. The second kappa shape index (κ2) is 4.62. The zero-order valence-corrected chi connectivity index (χ0v) is 9.42. The van der Waals surface area contributed by atoms with Crippen LogP contribution in [-0.2, 0) is 6.54 Å². The lowest BCUT2D eigenvalue weighted by molar-refractivity contribution is 0.662. The molecule has 4 nitrogen and oxygen atoms in total. The largest absolute Gasteiger partial charge is 0.268 e. The molecule has 0 aliphatic rings. The Balaban J connectivity index is 2.47. The predicted octanol–water partition coefficient (Wildman–Crippen LogP) is 1.74. The van der Waals surface area contributed by atoms with E-state index in [0.717, 1.165) is 10.2 Å². The number of nitrogens with zero attached hydrogens (tertiary/aromatic N) is 3. The fourth-order valence-electron chi connectivity index (χ4n) is 1.51. The van der Waals surface area contributed by atoms with E-state index in [0.29, 0.717) is 5.69 Å². The maximum atomic E-state index is 11.4. The molecule has 1 heterocycles. The van der Waals surface area contributed by atoms with Gasteiger partial charge in [0.15, 0.2) is 0 Å². The van der Waals surface area contributed by atoms with Gasteiger partial charge in [-0.15, -0.1) is 0 Å². The Hall–Kier alpha value is -2.41. The van der Waals surface area contributed by atoms with Crippen LogP contribution in [-0.4, -0.2) is 9.78 Å². The maximum absolute atomic E-state index is 11.4. The molecule has 2 rings (SSSR count). The highest BCUT2D eigenvalue weighted by Gasteiger charge is 2.02. The molecule has 0 unspecified atom stereocenters. The Morgan fingerprint density at radius 2 is 1.94 bits per heavy atom. The quantitative estimate of drug-likeness (QED) is 0.782. The molecule has 17 heavy (non-hydrogen) atoms. The van der Waals surface area contributed by atoms with E-state index in [2.05, 4.69) is 5.10 Å². The normalized spacial score (nSPS) is 9.88. The molecule has 0 spiro atoms. The number of hydrogen-bond acceptors (Lipinski definition) is 3. The van der Waals surface area contributed by atoms with E-state index >= 15 is 0 Å². The van der Waals surface area contributed by atoms with Gasteiger partial charge in [0.2, 0.25) is 0 Å². The van der Waals surface area contributed by atoms with Gasteiger partial charge >= 0.3 is 0 Å². The van der Waals surface area contributed by atoms with Crippen LogP contribution >= 0.6 is 0 Å². The van der Waals surface area contributed by atoms with Crippen LogP contribution in [0.4, 0.5) is 0 Å². The zero-order valence-electron chi connectivity index (χ0n) is 9.42. The average Bonchev–Trinajstić information content (AvgIpc) is 2.33. The zero-order chi connectivity index (χ0) is 12.3. The molecule has 0 amide bonds. The average molecular weight is 225 g/mol. The molecule has 0 saturated carbocycles. The van der Waals surface area contributed by atoms with E-state index in [1.165, 1.54) is 11.6 Å². The van der Waals surface area contributed by atoms with Crippen molar-refractivity contribution in [2.75, 3.05) is 0 Å². The third-order valence-electron chi connectivity index (χ3n) is 2.43. The van der Waals surface area contributed by atoms with E-state index in [1.54, 1.807) is 6.07 Å². The van der Waals surface area contributed by atoms with Crippen LogP contribution in [0.15, 0.2) is 41.2 Å². The number of aryl methyl sites for hydroxylation is 1. The smallest absolute Gasteiger partial charge is 0.267 e. The third-order valence-corrected chi connectivity index (χ3v) is 2.43. The Kier molecular flexibility index (Phi) is 3.01. The van der Waals surface area contributed by atoms with E-state index in [9.17, 15) is 4.79 Å². The summed E-state index contributed by atoms with van der Waals surface area (Å²) in [7, 11) is 0. The second-order valence-electron chi connectivity index (χ2n) is 3.74. The lowest BCUT2D eigenvalue weighted by Gasteiger charge is -2.04. The van der Waals surface area contributed by atoms with Crippen molar-refractivity contribution in [3.8, 4) is 17.3 Å². The highest BCUT2D eigenvalue weighted by Crippen LogP contribution is 2.15. The van der Waals surface area contributed by atoms with Crippen molar-refractivity contribution in [1.82, 2.24) is 9.78 Å². The molecular weight excluding hydrogens is 214 g/mol. The van der Waals surface area contributed by atoms with Gasteiger partial charge in [0, 0.05) is 11.6 Å². The summed E-state index contributed by atoms with van der Waals surface area (Å²) in [5.41, 5.74) is 2.53. The van der Waals surface area contributed by atoms with Crippen LogP contribution in [0.2, 0.25) is 0 Å². The van der Waals surface area contributed by atoms with Crippen molar-refractivity contribution < 1.29 is 0 Å². The Morgan fingerprint density at radius 3 is 2.59 bits per heavy atom. The lowest BCUT2D eigenvalue weighted by atomic mass is 10.1. The predicted molar refractivity (Wildman–Crippen MR) is 64.3 cm³/mol. The Morgan fingerprint density at radius 1 is 1.24 bits per heavy atom. The number of nitriles is 1. The van der Waals surface area contributed by atoms with E-state index in [1.807, 2.05) is 37.3 Å². The topological polar surface area (TPSA) is 58.7 Å². The number of hydrogen-bond donors (Lipinski definition) is 0. The molecule has 0 bridgehead atoms. The van der Waals surface area contributed by atoms with Gasteiger partial charge in [-0.05, 0) is 13.0 Å². The van der Waals surface area contributed by atoms with E-state index < -0.39 is 0 Å². The first-order valence-corrected chi connectivity index (χ1v) is 5.23. The highest BCUT2D eigenvalue weighted by molar-refractivity contribution is 5.58. The second-order valence-corrected chi connectivity index (χ2v) is 3.74. The van der Waals surface area contributed by atoms with Gasteiger partial charge in [-0.2, -0.15) is 10.4 Å². The minimum atomic E-state index is -0.262. The molecular formula is C13H11N3O. The van der Waals surface area contributed by atoms with Crippen LogP contribution in [0.25, 0.3) is 11.3 Å². The van der Waals surface area contributed by atoms with Crippen molar-refractivity contribution in [1.29, 1.82) is 5.26 Å². The fourth-order valence-corrected chi connectivity index (χ4v) is 1.51. The van der Waals surface area contributed by atoms with Gasteiger partial charge in [0.25, 0.3) is 5.56 Å². The molecule has 0 atom stereocenters. The van der Waals surface area contributed by atoms with Gasteiger partial charge in [0.1, 0.15) is 6.54 Å². The SMILES string of the molecule is Cc1ccc(-c2ccc(=O)n(CC#N)n2)cc1. The Labute approximate surface area is 98.8 Å². The van der Waals surface area contributed by atoms with Gasteiger partial charge in [0.05, 0.1) is 11.8 Å². The molecule has 1 aromatic carbocycles. The van der Waals surface area contributed by atoms with Crippen molar-refractivity contribution in [2.24, 2.45) is 0 Å². The summed E-state index contributed by atoms with van der Waals surface area (Å²) < 4.78 is 1.16. The molecule has 0 N–H and O–H groups in total. The van der Waals surface area contributed by atoms with Gasteiger partial charge in [-0.3, -0.25) is 4.79 Å². The molecule has 0 aliphatic carbocycles. The molecule has 2 aromatic rings. The van der Waals surface area contributed by atoms with Crippen LogP contribution in [0.3, 0.4) is 0 Å². The maximum Gasteiger partial charge on any atom is 0.267 e. The summed E-state index contributed by atoms with van der Waals surface area (Å²) in [6.07, 6.45) is 0. The van der Waals surface area contributed by atoms with E-state index in [4.69, 9.17) is 5.26 Å². The summed E-state index contributed by atoms with van der Waals surface area (Å²) in [5.74, 6) is 0. The minimum absolute atomic E-state index is 0.0292. The van der Waals surface area contributed by atoms with Crippen LogP contribution in [0.5, 0.6) is 0 Å². The lowest BCUT2D eigenvalue weighted by Crippen LogP contribution is -2.21.